The fourth-order valence-electron chi connectivity index (χ4n) is 6.64. The second-order valence-electron chi connectivity index (χ2n) is 9.47. The quantitative estimate of drug-likeness (QED) is 0.267. The topological polar surface area (TPSA) is 127 Å². The molecule has 7 heteroatoms. The van der Waals surface area contributed by atoms with Gasteiger partial charge < -0.3 is 20.4 Å². The highest BCUT2D eigenvalue weighted by Gasteiger charge is 2.86. The summed E-state index contributed by atoms with van der Waals surface area (Å²) in [5.41, 5.74) is -4.58. The lowest BCUT2D eigenvalue weighted by molar-refractivity contribution is -0.344. The van der Waals surface area contributed by atoms with Crippen molar-refractivity contribution in [3.63, 3.8) is 0 Å². The zero-order chi connectivity index (χ0) is 20.2. The van der Waals surface area contributed by atoms with E-state index >= 15 is 0 Å². The SMILES string of the molecule is CC1=C[C@H]2[C@@]3(O)[C@H](C)[C@@H](O)[C@]4(OO)[C@@H]([C@@H]3C=C(CO)C[C@]2(O)C1=O)C4(C)C. The number of hydrogen-bond acceptors (Lipinski definition) is 7. The van der Waals surface area contributed by atoms with Crippen molar-refractivity contribution in [1.29, 1.82) is 0 Å². The van der Waals surface area contributed by atoms with Crippen molar-refractivity contribution in [2.75, 3.05) is 6.61 Å². The van der Waals surface area contributed by atoms with Crippen LogP contribution in [0.3, 0.4) is 0 Å². The van der Waals surface area contributed by atoms with Crippen LogP contribution in [0.2, 0.25) is 0 Å². The molecule has 4 rings (SSSR count). The summed E-state index contributed by atoms with van der Waals surface area (Å²) >= 11 is 0. The fourth-order valence-corrected chi connectivity index (χ4v) is 6.64. The van der Waals surface area contributed by atoms with Gasteiger partial charge in [-0.05, 0) is 18.1 Å². The Morgan fingerprint density at radius 1 is 1.26 bits per heavy atom. The first kappa shape index (κ1) is 19.2. The first-order chi connectivity index (χ1) is 12.4. The highest BCUT2D eigenvalue weighted by Crippen LogP contribution is 2.76. The van der Waals surface area contributed by atoms with E-state index in [9.17, 15) is 30.5 Å². The van der Waals surface area contributed by atoms with Crippen LogP contribution in [0.25, 0.3) is 0 Å². The van der Waals surface area contributed by atoms with Crippen LogP contribution in [0.4, 0.5) is 0 Å². The molecule has 0 saturated heterocycles. The summed E-state index contributed by atoms with van der Waals surface area (Å²) in [5.74, 6) is -3.25. The molecule has 2 saturated carbocycles. The predicted octanol–water partition coefficient (Wildman–Crippen LogP) is 0.427. The van der Waals surface area contributed by atoms with Crippen molar-refractivity contribution in [3.05, 3.63) is 23.3 Å². The van der Waals surface area contributed by atoms with Crippen LogP contribution in [0, 0.1) is 29.1 Å². The number of hydrogen-bond donors (Lipinski definition) is 5. The minimum atomic E-state index is -1.87. The third kappa shape index (κ3) is 1.86. The second-order valence-corrected chi connectivity index (χ2v) is 9.47. The number of Topliss-reactive ketones (excluding diaryl/α,β-unsaturated/α-hetero) is 1. The van der Waals surface area contributed by atoms with Crippen molar-refractivity contribution in [2.45, 2.75) is 57.0 Å². The molecule has 0 unspecified atom stereocenters. The summed E-state index contributed by atoms with van der Waals surface area (Å²) in [5, 5.41) is 53.8. The Balaban J connectivity index is 1.96. The molecule has 2 fully saturated rings. The van der Waals surface area contributed by atoms with Gasteiger partial charge in [0.15, 0.2) is 5.78 Å². The van der Waals surface area contributed by atoms with Crippen LogP contribution >= 0.6 is 0 Å². The molecule has 0 heterocycles. The van der Waals surface area contributed by atoms with Crippen LogP contribution in [0.5, 0.6) is 0 Å². The molecule has 4 aliphatic carbocycles. The van der Waals surface area contributed by atoms with Crippen LogP contribution < -0.4 is 0 Å². The summed E-state index contributed by atoms with van der Waals surface area (Å²) in [6.45, 7) is 6.58. The highest BCUT2D eigenvalue weighted by molar-refractivity contribution is 6.04. The van der Waals surface area contributed by atoms with E-state index in [1.54, 1.807) is 26.0 Å². The van der Waals surface area contributed by atoms with E-state index in [2.05, 4.69) is 0 Å². The lowest BCUT2D eigenvalue weighted by atomic mass is 9.59. The van der Waals surface area contributed by atoms with Crippen LogP contribution in [-0.2, 0) is 9.68 Å². The number of carbonyl (C=O) groups is 1. The molecular weight excluding hydrogens is 352 g/mol. The Labute approximate surface area is 157 Å². The zero-order valence-electron chi connectivity index (χ0n) is 16.0. The van der Waals surface area contributed by atoms with E-state index in [1.807, 2.05) is 13.8 Å². The normalized spacial score (nSPS) is 52.9. The third-order valence-electron chi connectivity index (χ3n) is 8.15. The van der Waals surface area contributed by atoms with Crippen molar-refractivity contribution in [3.8, 4) is 0 Å². The van der Waals surface area contributed by atoms with Crippen LogP contribution in [-0.4, -0.2) is 61.0 Å². The number of aliphatic hydroxyl groups is 4. The maximum atomic E-state index is 12.8. The Hall–Kier alpha value is -1.09. The molecule has 0 aromatic carbocycles. The number of aliphatic hydroxyl groups excluding tert-OH is 2. The number of rotatable bonds is 2. The molecular formula is C20H28O7. The van der Waals surface area contributed by atoms with E-state index in [0.29, 0.717) is 11.1 Å². The molecule has 5 N–H and O–H groups in total. The maximum Gasteiger partial charge on any atom is 0.190 e. The van der Waals surface area contributed by atoms with Gasteiger partial charge in [0.25, 0.3) is 0 Å². The van der Waals surface area contributed by atoms with E-state index in [0.717, 1.165) is 0 Å². The maximum absolute atomic E-state index is 12.8. The Bertz CT molecular complexity index is 770. The molecule has 7 nitrogen and oxygen atoms in total. The summed E-state index contributed by atoms with van der Waals surface area (Å²) in [4.78, 5) is 17.6. The minimum absolute atomic E-state index is 0.0808. The Kier molecular flexibility index (Phi) is 3.77. The van der Waals surface area contributed by atoms with Crippen molar-refractivity contribution in [2.24, 2.45) is 29.1 Å². The Morgan fingerprint density at radius 2 is 1.89 bits per heavy atom. The summed E-state index contributed by atoms with van der Waals surface area (Å²) < 4.78 is 0. The number of fused-ring (bicyclic) bond motifs is 5. The molecule has 150 valence electrons. The molecule has 0 aliphatic heterocycles. The predicted molar refractivity (Wildman–Crippen MR) is 94.3 cm³/mol. The number of carbonyl (C=O) groups excluding carboxylic acids is 1. The summed E-state index contributed by atoms with van der Waals surface area (Å²) in [7, 11) is 0. The molecule has 27 heavy (non-hydrogen) atoms. The molecule has 0 bridgehead atoms. The van der Waals surface area contributed by atoms with E-state index in [4.69, 9.17) is 4.89 Å². The highest BCUT2D eigenvalue weighted by atomic mass is 17.1. The average molecular weight is 380 g/mol. The van der Waals surface area contributed by atoms with E-state index in [1.165, 1.54) is 0 Å². The molecule has 0 amide bonds. The number of ketones is 1. The van der Waals surface area contributed by atoms with Gasteiger partial charge in [-0.15, -0.1) is 0 Å². The van der Waals surface area contributed by atoms with Crippen molar-refractivity contribution in [1.82, 2.24) is 0 Å². The molecule has 0 aromatic rings. The van der Waals surface area contributed by atoms with Crippen LogP contribution in [0.1, 0.15) is 34.1 Å². The van der Waals surface area contributed by atoms with Gasteiger partial charge in [-0.1, -0.05) is 32.9 Å². The third-order valence-corrected chi connectivity index (χ3v) is 8.15. The molecule has 8 atom stereocenters. The van der Waals surface area contributed by atoms with Crippen LogP contribution in [0.15, 0.2) is 23.3 Å². The largest absolute Gasteiger partial charge is 0.392 e. The first-order valence-electron chi connectivity index (χ1n) is 9.43. The average Bonchev–Trinajstić information content (AvgIpc) is 3.08. The minimum Gasteiger partial charge on any atom is -0.392 e. The summed E-state index contributed by atoms with van der Waals surface area (Å²) in [6, 6.07) is 0. The molecule has 4 aliphatic rings. The van der Waals surface area contributed by atoms with Crippen molar-refractivity contribution < 1.29 is 35.4 Å². The van der Waals surface area contributed by atoms with E-state index in [-0.39, 0.29) is 13.0 Å². The van der Waals surface area contributed by atoms with Crippen molar-refractivity contribution >= 4 is 5.78 Å². The van der Waals surface area contributed by atoms with Gasteiger partial charge in [0.05, 0.1) is 18.3 Å². The summed E-state index contributed by atoms with van der Waals surface area (Å²) in [6.07, 6.45) is 2.03. The Morgan fingerprint density at radius 3 is 2.44 bits per heavy atom. The van der Waals surface area contributed by atoms with Gasteiger partial charge in [0.2, 0.25) is 0 Å². The van der Waals surface area contributed by atoms with Gasteiger partial charge >= 0.3 is 0 Å². The van der Waals surface area contributed by atoms with Gasteiger partial charge in [-0.2, -0.15) is 0 Å². The smallest absolute Gasteiger partial charge is 0.190 e. The van der Waals surface area contributed by atoms with Gasteiger partial charge in [-0.3, -0.25) is 10.1 Å². The van der Waals surface area contributed by atoms with Gasteiger partial charge in [0, 0.05) is 35.5 Å². The lowest BCUT2D eigenvalue weighted by Gasteiger charge is -2.52. The molecule has 0 radical (unpaired) electrons. The lowest BCUT2D eigenvalue weighted by Crippen LogP contribution is -2.65. The monoisotopic (exact) mass is 380 g/mol. The molecule has 0 aromatic heterocycles. The fraction of sp³-hybridized carbons (Fsp3) is 0.750. The van der Waals surface area contributed by atoms with Gasteiger partial charge in [-0.25, -0.2) is 4.89 Å². The standard InChI is InChI=1S/C20H28O7/c1-9-5-13-18(24,15(9)22)7-11(8-21)6-12-14-17(3,4)20(14,27-26)16(23)10(2)19(12,13)25/h5-6,10,12-14,16,21,23-26H,7-8H2,1-4H3/t10-,12+,13-,14+,16-,18-,19-,20-/m1/s1. The van der Waals surface area contributed by atoms with E-state index < -0.39 is 57.8 Å². The zero-order valence-corrected chi connectivity index (χ0v) is 16.0. The first-order valence-corrected chi connectivity index (χ1v) is 9.43. The van der Waals surface area contributed by atoms with Gasteiger partial charge in [0.1, 0.15) is 11.2 Å². The second kappa shape index (κ2) is 5.28. The molecule has 0 spiro atoms.